The van der Waals surface area contributed by atoms with E-state index in [1.807, 2.05) is 7.05 Å². The van der Waals surface area contributed by atoms with Crippen molar-refractivity contribution in [3.05, 3.63) is 29.3 Å². The number of benzene rings is 1. The Kier molecular flexibility index (Phi) is 2.23. The Morgan fingerprint density at radius 1 is 1.46 bits per heavy atom. The minimum Gasteiger partial charge on any atom is -0.384 e. The van der Waals surface area contributed by atoms with E-state index in [9.17, 15) is 0 Å². The first-order valence-electron chi connectivity index (χ1n) is 4.86. The maximum atomic E-state index is 3.44. The highest BCUT2D eigenvalue weighted by atomic mass is 14.9. The number of para-hydroxylation sites is 1. The highest BCUT2D eigenvalue weighted by molar-refractivity contribution is 5.62. The Morgan fingerprint density at radius 2 is 2.31 bits per heavy atom. The Morgan fingerprint density at radius 3 is 3.08 bits per heavy atom. The minimum absolute atomic E-state index is 0.431. The molecule has 1 aromatic carbocycles. The van der Waals surface area contributed by atoms with Gasteiger partial charge < -0.3 is 10.6 Å². The number of anilines is 1. The van der Waals surface area contributed by atoms with Crippen LogP contribution in [0.25, 0.3) is 0 Å². The largest absolute Gasteiger partial charge is 0.384 e. The van der Waals surface area contributed by atoms with Crippen LogP contribution < -0.4 is 10.6 Å². The molecule has 1 aliphatic rings. The second-order valence-corrected chi connectivity index (χ2v) is 3.57. The van der Waals surface area contributed by atoms with Crippen LogP contribution in [0.2, 0.25) is 0 Å². The van der Waals surface area contributed by atoms with Crippen molar-refractivity contribution in [2.24, 2.45) is 0 Å². The third-order valence-electron chi connectivity index (χ3n) is 2.78. The van der Waals surface area contributed by atoms with Crippen molar-refractivity contribution in [2.45, 2.75) is 19.4 Å². The molecule has 2 nitrogen and oxygen atoms in total. The van der Waals surface area contributed by atoms with E-state index in [1.165, 1.54) is 23.2 Å². The van der Waals surface area contributed by atoms with E-state index < -0.39 is 0 Å². The van der Waals surface area contributed by atoms with Gasteiger partial charge in [-0.3, -0.25) is 0 Å². The smallest absolute Gasteiger partial charge is 0.0421 e. The van der Waals surface area contributed by atoms with Crippen LogP contribution in [0.4, 0.5) is 5.69 Å². The van der Waals surface area contributed by atoms with Gasteiger partial charge in [0.15, 0.2) is 0 Å². The lowest BCUT2D eigenvalue weighted by Gasteiger charge is -2.15. The predicted molar refractivity (Wildman–Crippen MR) is 56.1 cm³/mol. The van der Waals surface area contributed by atoms with E-state index in [1.54, 1.807) is 0 Å². The zero-order valence-corrected chi connectivity index (χ0v) is 8.22. The summed E-state index contributed by atoms with van der Waals surface area (Å²) in [5, 5.41) is 6.71. The quantitative estimate of drug-likeness (QED) is 0.719. The molecule has 1 heterocycles. The van der Waals surface area contributed by atoms with Gasteiger partial charge in [0.1, 0.15) is 0 Å². The Labute approximate surface area is 79.4 Å². The summed E-state index contributed by atoms with van der Waals surface area (Å²) in [6.45, 7) is 3.28. The molecule has 0 fully saturated rings. The molecule has 0 unspecified atom stereocenters. The van der Waals surface area contributed by atoms with Crippen molar-refractivity contribution in [2.75, 3.05) is 18.9 Å². The topological polar surface area (TPSA) is 24.1 Å². The van der Waals surface area contributed by atoms with E-state index in [0.717, 1.165) is 6.54 Å². The third kappa shape index (κ3) is 1.42. The van der Waals surface area contributed by atoms with Gasteiger partial charge >= 0.3 is 0 Å². The number of rotatable bonds is 2. The molecule has 0 radical (unpaired) electrons. The van der Waals surface area contributed by atoms with Crippen LogP contribution in [-0.2, 0) is 6.42 Å². The number of hydrogen-bond acceptors (Lipinski definition) is 2. The fourth-order valence-electron chi connectivity index (χ4n) is 1.88. The van der Waals surface area contributed by atoms with Gasteiger partial charge in [0.25, 0.3) is 0 Å². The molecule has 0 aromatic heterocycles. The van der Waals surface area contributed by atoms with E-state index in [4.69, 9.17) is 0 Å². The molecule has 1 atom stereocenters. The number of hydrogen-bond donors (Lipinski definition) is 2. The summed E-state index contributed by atoms with van der Waals surface area (Å²) in [7, 11) is 2.00. The molecule has 2 heteroatoms. The summed E-state index contributed by atoms with van der Waals surface area (Å²) in [5.74, 6) is 0. The maximum absolute atomic E-state index is 3.44. The lowest BCUT2D eigenvalue weighted by atomic mass is 10.0. The zero-order valence-electron chi connectivity index (χ0n) is 8.22. The van der Waals surface area contributed by atoms with Gasteiger partial charge in [-0.05, 0) is 31.5 Å². The lowest BCUT2D eigenvalue weighted by Crippen LogP contribution is -2.13. The zero-order chi connectivity index (χ0) is 9.26. The molecular formula is C11H16N2. The Hall–Kier alpha value is -1.02. The van der Waals surface area contributed by atoms with Crippen LogP contribution in [0.15, 0.2) is 18.2 Å². The summed E-state index contributed by atoms with van der Waals surface area (Å²) in [6, 6.07) is 6.98. The fraction of sp³-hybridized carbons (Fsp3) is 0.455. The van der Waals surface area contributed by atoms with Gasteiger partial charge in [-0.2, -0.15) is 0 Å². The molecule has 2 rings (SSSR count). The van der Waals surface area contributed by atoms with Gasteiger partial charge in [-0.25, -0.2) is 0 Å². The molecule has 2 N–H and O–H groups in total. The molecule has 0 bridgehead atoms. The number of fused-ring (bicyclic) bond motifs is 1. The monoisotopic (exact) mass is 176 g/mol. The van der Waals surface area contributed by atoms with Gasteiger partial charge in [-0.1, -0.05) is 18.2 Å². The SMILES string of the molecule is CN[C@H](C)c1cccc2c1NCC2. The molecule has 1 aliphatic heterocycles. The molecule has 0 amide bonds. The summed E-state index contributed by atoms with van der Waals surface area (Å²) in [6.07, 6.45) is 1.17. The van der Waals surface area contributed by atoms with Gasteiger partial charge in [-0.15, -0.1) is 0 Å². The first-order chi connectivity index (χ1) is 6.33. The standard InChI is InChI=1S/C11H16N2/c1-8(12-2)10-5-3-4-9-6-7-13-11(9)10/h3-5,8,12-13H,6-7H2,1-2H3/t8-/m1/s1. The first-order valence-corrected chi connectivity index (χ1v) is 4.86. The van der Waals surface area contributed by atoms with E-state index in [-0.39, 0.29) is 0 Å². The highest BCUT2D eigenvalue weighted by Gasteiger charge is 2.15. The van der Waals surface area contributed by atoms with Crippen molar-refractivity contribution < 1.29 is 0 Å². The summed E-state index contributed by atoms with van der Waals surface area (Å²) in [5.41, 5.74) is 4.20. The molecule has 0 saturated carbocycles. The van der Waals surface area contributed by atoms with Crippen molar-refractivity contribution >= 4 is 5.69 Å². The van der Waals surface area contributed by atoms with Crippen LogP contribution in [0.1, 0.15) is 24.1 Å². The molecule has 13 heavy (non-hydrogen) atoms. The molecule has 1 aromatic rings. The number of nitrogens with one attached hydrogen (secondary N) is 2. The van der Waals surface area contributed by atoms with Crippen molar-refractivity contribution in [3.63, 3.8) is 0 Å². The van der Waals surface area contributed by atoms with Crippen LogP contribution >= 0.6 is 0 Å². The van der Waals surface area contributed by atoms with E-state index in [0.29, 0.717) is 6.04 Å². The predicted octanol–water partition coefficient (Wildman–Crippen LogP) is 1.93. The summed E-state index contributed by atoms with van der Waals surface area (Å²) >= 11 is 0. The normalized spacial score (nSPS) is 16.5. The van der Waals surface area contributed by atoms with Crippen molar-refractivity contribution in [1.29, 1.82) is 0 Å². The second kappa shape index (κ2) is 3.38. The molecule has 0 saturated heterocycles. The van der Waals surface area contributed by atoms with Gasteiger partial charge in [0, 0.05) is 18.3 Å². The van der Waals surface area contributed by atoms with Crippen LogP contribution in [0.3, 0.4) is 0 Å². The first kappa shape index (κ1) is 8.57. The van der Waals surface area contributed by atoms with E-state index in [2.05, 4.69) is 35.8 Å². The van der Waals surface area contributed by atoms with E-state index >= 15 is 0 Å². The van der Waals surface area contributed by atoms with Crippen LogP contribution in [0, 0.1) is 0 Å². The lowest BCUT2D eigenvalue weighted by molar-refractivity contribution is 0.654. The maximum Gasteiger partial charge on any atom is 0.0421 e. The summed E-state index contributed by atoms with van der Waals surface area (Å²) < 4.78 is 0. The Balaban J connectivity index is 2.41. The average Bonchev–Trinajstić information content (AvgIpc) is 2.63. The second-order valence-electron chi connectivity index (χ2n) is 3.57. The molecule has 70 valence electrons. The van der Waals surface area contributed by atoms with Crippen molar-refractivity contribution in [3.8, 4) is 0 Å². The highest BCUT2D eigenvalue weighted by Crippen LogP contribution is 2.30. The van der Waals surface area contributed by atoms with Gasteiger partial charge in [0.05, 0.1) is 0 Å². The molecule has 0 aliphatic carbocycles. The van der Waals surface area contributed by atoms with Crippen LogP contribution in [-0.4, -0.2) is 13.6 Å². The summed E-state index contributed by atoms with van der Waals surface area (Å²) in [4.78, 5) is 0. The van der Waals surface area contributed by atoms with Crippen molar-refractivity contribution in [1.82, 2.24) is 5.32 Å². The molecule has 0 spiro atoms. The minimum atomic E-state index is 0.431. The van der Waals surface area contributed by atoms with Gasteiger partial charge in [0.2, 0.25) is 0 Å². The Bertz CT molecular complexity index is 307. The fourth-order valence-corrected chi connectivity index (χ4v) is 1.88. The van der Waals surface area contributed by atoms with Crippen LogP contribution in [0.5, 0.6) is 0 Å². The molecular weight excluding hydrogens is 160 g/mol. The average molecular weight is 176 g/mol. The third-order valence-corrected chi connectivity index (χ3v) is 2.78.